The SMILES string of the molecule is CCO[C@H]1CC[C@]2(CC1)Cc1ccc(-c3cccc(OC)c3)cc1C21NC(=S)N(C)C1=O. The van der Waals surface area contributed by atoms with Crippen LogP contribution in [-0.2, 0) is 21.5 Å². The van der Waals surface area contributed by atoms with Crippen LogP contribution in [0.1, 0.15) is 43.7 Å². The molecule has 0 radical (unpaired) electrons. The molecule has 2 spiro atoms. The van der Waals surface area contributed by atoms with E-state index in [4.69, 9.17) is 21.7 Å². The van der Waals surface area contributed by atoms with Crippen molar-refractivity contribution in [2.45, 2.75) is 50.7 Å². The van der Waals surface area contributed by atoms with Crippen molar-refractivity contribution in [3.63, 3.8) is 0 Å². The Hall–Kier alpha value is -2.44. The minimum atomic E-state index is -0.805. The highest BCUT2D eigenvalue weighted by Gasteiger charge is 2.66. The summed E-state index contributed by atoms with van der Waals surface area (Å²) in [7, 11) is 3.47. The maximum Gasteiger partial charge on any atom is 0.259 e. The molecule has 0 bridgehead atoms. The summed E-state index contributed by atoms with van der Waals surface area (Å²) in [5.74, 6) is 0.887. The molecule has 1 saturated carbocycles. The zero-order valence-corrected chi connectivity index (χ0v) is 19.8. The number of fused-ring (bicyclic) bond motifs is 3. The molecule has 2 aromatic carbocycles. The van der Waals surface area contributed by atoms with Crippen LogP contribution >= 0.6 is 12.2 Å². The van der Waals surface area contributed by atoms with Gasteiger partial charge in [0.1, 0.15) is 5.75 Å². The van der Waals surface area contributed by atoms with Gasteiger partial charge < -0.3 is 14.8 Å². The van der Waals surface area contributed by atoms with Gasteiger partial charge in [0.25, 0.3) is 5.91 Å². The number of methoxy groups -OCH3 is 1. The third-order valence-electron chi connectivity index (χ3n) is 7.76. The number of nitrogens with one attached hydrogen (secondary N) is 1. The van der Waals surface area contributed by atoms with Crippen molar-refractivity contribution in [3.8, 4) is 16.9 Å². The van der Waals surface area contributed by atoms with Gasteiger partial charge in [0.2, 0.25) is 0 Å². The van der Waals surface area contributed by atoms with Crippen molar-refractivity contribution in [2.75, 3.05) is 20.8 Å². The summed E-state index contributed by atoms with van der Waals surface area (Å²) >= 11 is 5.59. The van der Waals surface area contributed by atoms with Crippen LogP contribution in [0, 0.1) is 5.41 Å². The second-order valence-electron chi connectivity index (χ2n) is 9.26. The van der Waals surface area contributed by atoms with Crippen molar-refractivity contribution < 1.29 is 14.3 Å². The summed E-state index contributed by atoms with van der Waals surface area (Å²) < 4.78 is 11.4. The molecule has 1 unspecified atom stereocenters. The molecule has 3 aliphatic rings. The summed E-state index contributed by atoms with van der Waals surface area (Å²) in [5, 5.41) is 4.05. The van der Waals surface area contributed by atoms with Gasteiger partial charge in [0, 0.05) is 19.1 Å². The van der Waals surface area contributed by atoms with Gasteiger partial charge in [-0.05, 0) is 91.7 Å². The first-order chi connectivity index (χ1) is 15.4. The second kappa shape index (κ2) is 7.85. The highest BCUT2D eigenvalue weighted by atomic mass is 32.1. The molecule has 1 saturated heterocycles. The van der Waals surface area contributed by atoms with Gasteiger partial charge in [-0.15, -0.1) is 0 Å². The smallest absolute Gasteiger partial charge is 0.259 e. The first kappa shape index (κ1) is 21.4. The highest BCUT2D eigenvalue weighted by molar-refractivity contribution is 7.80. The number of likely N-dealkylation sites (N-methyl/N-ethyl adjacent to an activating group) is 1. The lowest BCUT2D eigenvalue weighted by atomic mass is 9.61. The number of rotatable bonds is 4. The van der Waals surface area contributed by atoms with Gasteiger partial charge in [-0.25, -0.2) is 0 Å². The molecule has 1 aliphatic heterocycles. The number of hydrogen-bond acceptors (Lipinski definition) is 4. The monoisotopic (exact) mass is 450 g/mol. The highest BCUT2D eigenvalue weighted by Crippen LogP contribution is 2.60. The van der Waals surface area contributed by atoms with E-state index in [9.17, 15) is 4.79 Å². The lowest BCUT2D eigenvalue weighted by molar-refractivity contribution is -0.137. The van der Waals surface area contributed by atoms with Crippen molar-refractivity contribution >= 4 is 23.2 Å². The summed E-state index contributed by atoms with van der Waals surface area (Å²) in [4.78, 5) is 15.5. The molecular formula is C26H30N2O3S. The van der Waals surface area contributed by atoms with Crippen LogP contribution in [-0.4, -0.2) is 42.8 Å². The Morgan fingerprint density at radius 1 is 1.16 bits per heavy atom. The first-order valence-corrected chi connectivity index (χ1v) is 11.8. The molecule has 2 aliphatic carbocycles. The maximum atomic E-state index is 13.9. The number of ether oxygens (including phenoxy) is 2. The van der Waals surface area contributed by atoms with E-state index in [1.54, 1.807) is 19.1 Å². The number of amides is 1. The van der Waals surface area contributed by atoms with Crippen molar-refractivity contribution in [2.24, 2.45) is 5.41 Å². The Bertz CT molecular complexity index is 1080. The van der Waals surface area contributed by atoms with Crippen molar-refractivity contribution in [3.05, 3.63) is 53.6 Å². The number of hydrogen-bond donors (Lipinski definition) is 1. The molecule has 5 rings (SSSR count). The van der Waals surface area contributed by atoms with E-state index in [2.05, 4.69) is 29.6 Å². The predicted octanol–water partition coefficient (Wildman–Crippen LogP) is 4.43. The number of carbonyl (C=O) groups is 1. The fraction of sp³-hybridized carbons (Fsp3) is 0.462. The molecule has 5 nitrogen and oxygen atoms in total. The number of benzene rings is 2. The molecule has 0 aromatic heterocycles. The van der Waals surface area contributed by atoms with Crippen LogP contribution in [0.25, 0.3) is 11.1 Å². The summed E-state index contributed by atoms with van der Waals surface area (Å²) in [5.41, 5.74) is 3.47. The number of carbonyl (C=O) groups excluding carboxylic acids is 1. The van der Waals surface area contributed by atoms with Crippen LogP contribution in [0.2, 0.25) is 0 Å². The molecule has 1 amide bonds. The van der Waals surface area contributed by atoms with Crippen LogP contribution < -0.4 is 10.1 Å². The third-order valence-corrected chi connectivity index (χ3v) is 8.13. The molecule has 2 fully saturated rings. The zero-order chi connectivity index (χ0) is 22.5. The first-order valence-electron chi connectivity index (χ1n) is 11.4. The van der Waals surface area contributed by atoms with Gasteiger partial charge in [-0.1, -0.05) is 24.3 Å². The Balaban J connectivity index is 1.61. The van der Waals surface area contributed by atoms with Gasteiger partial charge >= 0.3 is 0 Å². The molecule has 168 valence electrons. The molecule has 2 aromatic rings. The minimum Gasteiger partial charge on any atom is -0.497 e. The van der Waals surface area contributed by atoms with Crippen LogP contribution in [0.3, 0.4) is 0 Å². The minimum absolute atomic E-state index is 0.0684. The largest absolute Gasteiger partial charge is 0.497 e. The maximum absolute atomic E-state index is 13.9. The molecule has 1 atom stereocenters. The van der Waals surface area contributed by atoms with Gasteiger partial charge in [0.05, 0.1) is 13.2 Å². The lowest BCUT2D eigenvalue weighted by Crippen LogP contribution is -2.56. The quantitative estimate of drug-likeness (QED) is 0.699. The predicted molar refractivity (Wildman–Crippen MR) is 129 cm³/mol. The molecule has 32 heavy (non-hydrogen) atoms. The van der Waals surface area contributed by atoms with Crippen LogP contribution in [0.5, 0.6) is 5.75 Å². The van der Waals surface area contributed by atoms with E-state index < -0.39 is 5.54 Å². The fourth-order valence-electron chi connectivity index (χ4n) is 6.13. The van der Waals surface area contributed by atoms with E-state index in [0.717, 1.165) is 61.2 Å². The molecular weight excluding hydrogens is 420 g/mol. The third kappa shape index (κ3) is 3.00. The standard InChI is InChI=1S/C26H30N2O3S/c1-4-31-20-10-12-25(13-11-20)16-19-9-8-18(17-6-5-7-21(14-17)30-3)15-22(19)26(25)23(29)28(2)24(32)27-26/h5-9,14-15,20H,4,10-13,16H2,1-3H3,(H,27,32)/t20-,25-,26?. The van der Waals surface area contributed by atoms with Gasteiger partial charge in [-0.2, -0.15) is 0 Å². The molecule has 1 heterocycles. The summed E-state index contributed by atoms with van der Waals surface area (Å²) in [6.07, 6.45) is 4.98. The van der Waals surface area contributed by atoms with Crippen LogP contribution in [0.15, 0.2) is 42.5 Å². The van der Waals surface area contributed by atoms with Gasteiger partial charge in [-0.3, -0.25) is 9.69 Å². The zero-order valence-electron chi connectivity index (χ0n) is 18.9. The van der Waals surface area contributed by atoms with Gasteiger partial charge in [0.15, 0.2) is 10.7 Å². The van der Waals surface area contributed by atoms with E-state index in [-0.39, 0.29) is 17.4 Å². The van der Waals surface area contributed by atoms with E-state index in [1.807, 2.05) is 25.1 Å². The Kier molecular flexibility index (Phi) is 5.25. The Morgan fingerprint density at radius 3 is 2.56 bits per heavy atom. The average Bonchev–Trinajstić information content (AvgIpc) is 3.21. The fourth-order valence-corrected chi connectivity index (χ4v) is 6.36. The number of nitrogens with zero attached hydrogens (tertiary/aromatic N) is 1. The Morgan fingerprint density at radius 2 is 1.91 bits per heavy atom. The molecule has 6 heteroatoms. The Labute approximate surface area is 195 Å². The molecule has 1 N–H and O–H groups in total. The van der Waals surface area contributed by atoms with E-state index in [1.165, 1.54) is 5.56 Å². The average molecular weight is 451 g/mol. The summed E-state index contributed by atoms with van der Waals surface area (Å²) in [6, 6.07) is 14.6. The lowest BCUT2D eigenvalue weighted by Gasteiger charge is -2.46. The number of thiocarbonyl (C=S) groups is 1. The van der Waals surface area contributed by atoms with E-state index >= 15 is 0 Å². The van der Waals surface area contributed by atoms with E-state index in [0.29, 0.717) is 5.11 Å². The van der Waals surface area contributed by atoms with Crippen LogP contribution in [0.4, 0.5) is 0 Å². The topological polar surface area (TPSA) is 50.8 Å². The van der Waals surface area contributed by atoms with Crippen molar-refractivity contribution in [1.29, 1.82) is 0 Å². The normalized spacial score (nSPS) is 29.0. The summed E-state index contributed by atoms with van der Waals surface area (Å²) in [6.45, 7) is 2.78. The van der Waals surface area contributed by atoms with Crippen molar-refractivity contribution in [1.82, 2.24) is 10.2 Å². The second-order valence-corrected chi connectivity index (χ2v) is 9.65.